The highest BCUT2D eigenvalue weighted by atomic mass is 16.5. The minimum absolute atomic E-state index is 0.120. The number of terminal acetylenes is 1. The van der Waals surface area contributed by atoms with Crippen molar-refractivity contribution in [1.82, 2.24) is 15.6 Å². The number of hydrogen-bond acceptors (Lipinski definition) is 4. The maximum absolute atomic E-state index is 11.7. The highest BCUT2D eigenvalue weighted by Crippen LogP contribution is 2.20. The van der Waals surface area contributed by atoms with E-state index in [-0.39, 0.29) is 19.0 Å². The Hall–Kier alpha value is -3.53. The Morgan fingerprint density at radius 2 is 1.92 bits per heavy atom. The topological polar surface area (TPSA) is 92.4 Å². The van der Waals surface area contributed by atoms with Gasteiger partial charge in [-0.05, 0) is 25.1 Å². The Kier molecular flexibility index (Phi) is 6.37. The number of carbonyl (C=O) groups excluding carboxylic acids is 2. The lowest BCUT2D eigenvalue weighted by molar-refractivity contribution is -0.119. The normalized spacial score (nSPS) is 9.60. The quantitative estimate of drug-likeness (QED) is 0.703. The minimum Gasteiger partial charge on any atom is -0.439 e. The van der Waals surface area contributed by atoms with E-state index in [9.17, 15) is 9.59 Å². The third-order valence-corrected chi connectivity index (χ3v) is 3.03. The van der Waals surface area contributed by atoms with Crippen LogP contribution >= 0.6 is 0 Å². The van der Waals surface area contributed by atoms with Gasteiger partial charge in [-0.2, -0.15) is 0 Å². The van der Waals surface area contributed by atoms with Crippen molar-refractivity contribution in [2.24, 2.45) is 0 Å². The molecule has 7 nitrogen and oxygen atoms in total. The molecule has 1 aromatic carbocycles. The van der Waals surface area contributed by atoms with E-state index in [4.69, 9.17) is 11.2 Å². The fourth-order valence-electron chi connectivity index (χ4n) is 1.79. The van der Waals surface area contributed by atoms with Crippen LogP contribution in [0.2, 0.25) is 0 Å². The smallest absolute Gasteiger partial charge is 0.319 e. The summed E-state index contributed by atoms with van der Waals surface area (Å²) in [5.41, 5.74) is 1.61. The summed E-state index contributed by atoms with van der Waals surface area (Å²) in [4.78, 5) is 27.1. The molecule has 7 heteroatoms. The number of carbonyl (C=O) groups is 2. The fourth-order valence-corrected chi connectivity index (χ4v) is 1.79. The van der Waals surface area contributed by atoms with E-state index in [1.807, 2.05) is 31.2 Å². The van der Waals surface area contributed by atoms with Crippen molar-refractivity contribution in [2.75, 3.05) is 18.4 Å². The highest BCUT2D eigenvalue weighted by Gasteiger charge is 2.06. The van der Waals surface area contributed by atoms with Gasteiger partial charge in [0.25, 0.3) is 0 Å². The van der Waals surface area contributed by atoms with Gasteiger partial charge in [-0.15, -0.1) is 6.42 Å². The molecule has 2 rings (SSSR count). The summed E-state index contributed by atoms with van der Waals surface area (Å²) in [6, 6.07) is 10.3. The zero-order valence-corrected chi connectivity index (χ0v) is 13.7. The summed E-state index contributed by atoms with van der Waals surface area (Å²) in [6.07, 6.45) is 6.48. The van der Waals surface area contributed by atoms with Crippen molar-refractivity contribution < 1.29 is 14.3 Å². The summed E-state index contributed by atoms with van der Waals surface area (Å²) >= 11 is 0. The monoisotopic (exact) mass is 338 g/mol. The summed E-state index contributed by atoms with van der Waals surface area (Å²) in [5.74, 6) is 2.98. The molecule has 0 unspecified atom stereocenters. The molecule has 0 aliphatic rings. The van der Waals surface area contributed by atoms with Crippen LogP contribution in [0.4, 0.5) is 10.5 Å². The van der Waals surface area contributed by atoms with Crippen LogP contribution in [0.3, 0.4) is 0 Å². The van der Waals surface area contributed by atoms with Crippen LogP contribution in [-0.4, -0.2) is 30.0 Å². The predicted molar refractivity (Wildman–Crippen MR) is 94.4 cm³/mol. The lowest BCUT2D eigenvalue weighted by Gasteiger charge is -2.08. The molecule has 0 saturated carbocycles. The summed E-state index contributed by atoms with van der Waals surface area (Å²) in [7, 11) is 0. The van der Waals surface area contributed by atoms with Crippen molar-refractivity contribution in [2.45, 2.75) is 6.92 Å². The number of rotatable bonds is 6. The van der Waals surface area contributed by atoms with E-state index in [1.54, 1.807) is 12.1 Å². The van der Waals surface area contributed by atoms with Gasteiger partial charge in [-0.1, -0.05) is 23.6 Å². The van der Waals surface area contributed by atoms with Crippen LogP contribution < -0.4 is 20.7 Å². The van der Waals surface area contributed by atoms with Crippen molar-refractivity contribution >= 4 is 17.6 Å². The number of nitrogens with one attached hydrogen (secondary N) is 3. The molecule has 2 aromatic rings. The molecule has 3 N–H and O–H groups in total. The number of amides is 3. The standard InChI is InChI=1S/C18H18N4O3/c1-3-10-19-16(23)12-21-18(24)22-14-6-9-17(20-11-14)25-15-7-4-13(2)5-8-15/h1,4-9,11H,10,12H2,2H3,(H,19,23)(H2,21,22,24). The van der Waals surface area contributed by atoms with Gasteiger partial charge in [0.2, 0.25) is 11.8 Å². The molecular formula is C18H18N4O3. The Labute approximate surface area is 145 Å². The number of nitrogens with zero attached hydrogens (tertiary/aromatic N) is 1. The summed E-state index contributed by atoms with van der Waals surface area (Å²) in [6.45, 7) is 1.94. The second-order valence-electron chi connectivity index (χ2n) is 5.09. The van der Waals surface area contributed by atoms with E-state index in [0.717, 1.165) is 5.56 Å². The molecule has 0 atom stereocenters. The molecule has 0 aliphatic heterocycles. The van der Waals surface area contributed by atoms with Gasteiger partial charge in [0.1, 0.15) is 5.75 Å². The molecule has 0 bridgehead atoms. The third-order valence-electron chi connectivity index (χ3n) is 3.03. The van der Waals surface area contributed by atoms with E-state index in [1.165, 1.54) is 6.20 Å². The van der Waals surface area contributed by atoms with Crippen LogP contribution in [0.15, 0.2) is 42.6 Å². The number of hydrogen-bond donors (Lipinski definition) is 3. The Bertz CT molecular complexity index is 764. The van der Waals surface area contributed by atoms with Crippen LogP contribution in [0.25, 0.3) is 0 Å². The van der Waals surface area contributed by atoms with E-state index in [2.05, 4.69) is 26.9 Å². The van der Waals surface area contributed by atoms with Gasteiger partial charge in [0.15, 0.2) is 0 Å². The number of benzene rings is 1. The van der Waals surface area contributed by atoms with Gasteiger partial charge in [-0.3, -0.25) is 4.79 Å². The maximum atomic E-state index is 11.7. The van der Waals surface area contributed by atoms with Gasteiger partial charge in [0.05, 0.1) is 25.0 Å². The molecule has 128 valence electrons. The van der Waals surface area contributed by atoms with Crippen LogP contribution in [0.5, 0.6) is 11.6 Å². The largest absolute Gasteiger partial charge is 0.439 e. The number of anilines is 1. The molecule has 3 amide bonds. The third kappa shape index (κ3) is 6.23. The first-order chi connectivity index (χ1) is 12.1. The number of urea groups is 1. The van der Waals surface area contributed by atoms with Gasteiger partial charge in [0, 0.05) is 6.07 Å². The Balaban J connectivity index is 1.81. The average Bonchev–Trinajstić information content (AvgIpc) is 2.62. The van der Waals surface area contributed by atoms with Gasteiger partial charge >= 0.3 is 6.03 Å². The molecular weight excluding hydrogens is 320 g/mol. The van der Waals surface area contributed by atoms with Crippen molar-refractivity contribution in [1.29, 1.82) is 0 Å². The van der Waals surface area contributed by atoms with Gasteiger partial charge < -0.3 is 20.7 Å². The number of aromatic nitrogens is 1. The molecule has 1 aromatic heterocycles. The number of pyridine rings is 1. The van der Waals surface area contributed by atoms with Crippen molar-refractivity contribution in [3.05, 3.63) is 48.2 Å². The van der Waals surface area contributed by atoms with E-state index in [0.29, 0.717) is 17.3 Å². The first-order valence-corrected chi connectivity index (χ1v) is 7.52. The second-order valence-corrected chi connectivity index (χ2v) is 5.09. The predicted octanol–water partition coefficient (Wildman–Crippen LogP) is 2.05. The molecule has 0 spiro atoms. The van der Waals surface area contributed by atoms with Crippen LogP contribution in [-0.2, 0) is 4.79 Å². The maximum Gasteiger partial charge on any atom is 0.319 e. The van der Waals surface area contributed by atoms with Crippen molar-refractivity contribution in [3.63, 3.8) is 0 Å². The molecule has 0 aliphatic carbocycles. The van der Waals surface area contributed by atoms with Crippen LogP contribution in [0, 0.1) is 19.3 Å². The first kappa shape index (κ1) is 17.8. The molecule has 0 saturated heterocycles. The van der Waals surface area contributed by atoms with Gasteiger partial charge in [-0.25, -0.2) is 9.78 Å². The lowest BCUT2D eigenvalue weighted by Crippen LogP contribution is -2.39. The molecule has 1 heterocycles. The second kappa shape index (κ2) is 8.93. The summed E-state index contributed by atoms with van der Waals surface area (Å²) in [5, 5.41) is 7.41. The average molecular weight is 338 g/mol. The highest BCUT2D eigenvalue weighted by molar-refractivity contribution is 5.92. The van der Waals surface area contributed by atoms with Crippen molar-refractivity contribution in [3.8, 4) is 24.0 Å². The molecule has 0 radical (unpaired) electrons. The van der Waals surface area contributed by atoms with E-state index >= 15 is 0 Å². The number of aryl methyl sites for hydroxylation is 1. The Morgan fingerprint density at radius 3 is 2.56 bits per heavy atom. The molecule has 0 fully saturated rings. The minimum atomic E-state index is -0.523. The first-order valence-electron chi connectivity index (χ1n) is 7.52. The summed E-state index contributed by atoms with van der Waals surface area (Å²) < 4.78 is 5.60. The van der Waals surface area contributed by atoms with Crippen LogP contribution in [0.1, 0.15) is 5.56 Å². The Morgan fingerprint density at radius 1 is 1.16 bits per heavy atom. The SMILES string of the molecule is C#CCNC(=O)CNC(=O)Nc1ccc(Oc2ccc(C)cc2)nc1. The zero-order valence-electron chi connectivity index (χ0n) is 13.7. The van der Waals surface area contributed by atoms with E-state index < -0.39 is 6.03 Å². The lowest BCUT2D eigenvalue weighted by atomic mass is 10.2. The fraction of sp³-hybridized carbons (Fsp3) is 0.167. The number of ether oxygens (including phenoxy) is 1. The molecule has 25 heavy (non-hydrogen) atoms. The zero-order chi connectivity index (χ0) is 18.1.